The van der Waals surface area contributed by atoms with Crippen LogP contribution in [0.3, 0.4) is 0 Å². The van der Waals surface area contributed by atoms with Gasteiger partial charge in [0.1, 0.15) is 0 Å². The summed E-state index contributed by atoms with van der Waals surface area (Å²) in [6, 6.07) is 11.0. The van der Waals surface area contributed by atoms with Gasteiger partial charge in [-0.15, -0.1) is 0 Å². The number of rotatable bonds is 7. The number of carbonyl (C=O) groups excluding carboxylic acids is 2. The lowest BCUT2D eigenvalue weighted by atomic mass is 9.85. The Kier molecular flexibility index (Phi) is 7.36. The Hall–Kier alpha value is -2.73. The molecule has 2 heterocycles. The quantitative estimate of drug-likeness (QED) is 0.705. The van der Waals surface area contributed by atoms with E-state index in [0.29, 0.717) is 17.9 Å². The van der Waals surface area contributed by atoms with Crippen LogP contribution in [0.15, 0.2) is 48.8 Å². The lowest BCUT2D eigenvalue weighted by molar-refractivity contribution is -0.147. The van der Waals surface area contributed by atoms with E-state index in [4.69, 9.17) is 4.74 Å². The largest absolute Gasteiger partial charge is 0.469 e. The molecule has 1 saturated heterocycles. The van der Waals surface area contributed by atoms with E-state index in [1.165, 1.54) is 7.11 Å². The highest BCUT2D eigenvalue weighted by Gasteiger charge is 2.30. The number of carbonyl (C=O) groups is 2. The first-order valence-electron chi connectivity index (χ1n) is 10.2. The fraction of sp³-hybridized carbons (Fsp3) is 0.435. The maximum atomic E-state index is 12.7. The molecular formula is C23H29N3O3. The van der Waals surface area contributed by atoms with Crippen LogP contribution in [0.1, 0.15) is 36.5 Å². The zero-order chi connectivity index (χ0) is 20.6. The highest BCUT2D eigenvalue weighted by atomic mass is 16.5. The molecule has 0 spiro atoms. The summed E-state index contributed by atoms with van der Waals surface area (Å²) in [6.07, 6.45) is 6.40. The Bertz CT molecular complexity index is 802. The molecule has 1 aliphatic heterocycles. The Morgan fingerprint density at radius 2 is 1.86 bits per heavy atom. The zero-order valence-corrected chi connectivity index (χ0v) is 17.1. The average molecular weight is 396 g/mol. The number of esters is 1. The predicted molar refractivity (Wildman–Crippen MR) is 112 cm³/mol. The monoisotopic (exact) mass is 395 g/mol. The number of hydrogen-bond donors (Lipinski definition) is 2. The molecule has 29 heavy (non-hydrogen) atoms. The topological polar surface area (TPSA) is 80.3 Å². The first kappa shape index (κ1) is 21.0. The van der Waals surface area contributed by atoms with Gasteiger partial charge in [-0.2, -0.15) is 0 Å². The third-order valence-corrected chi connectivity index (χ3v) is 5.61. The Morgan fingerprint density at radius 1 is 1.17 bits per heavy atom. The minimum Gasteiger partial charge on any atom is -0.469 e. The highest BCUT2D eigenvalue weighted by molar-refractivity contribution is 5.95. The van der Waals surface area contributed by atoms with Crippen molar-refractivity contribution in [2.45, 2.75) is 32.2 Å². The van der Waals surface area contributed by atoms with Gasteiger partial charge in [-0.25, -0.2) is 0 Å². The summed E-state index contributed by atoms with van der Waals surface area (Å²) in [5.41, 5.74) is 2.64. The van der Waals surface area contributed by atoms with Gasteiger partial charge >= 0.3 is 5.97 Å². The van der Waals surface area contributed by atoms with Crippen molar-refractivity contribution in [2.75, 3.05) is 20.2 Å². The molecule has 1 amide bonds. The molecule has 0 bridgehead atoms. The molecule has 2 unspecified atom stereocenters. The van der Waals surface area contributed by atoms with E-state index in [2.05, 4.69) is 15.6 Å². The molecule has 1 aliphatic rings. The maximum Gasteiger partial charge on any atom is 0.310 e. The van der Waals surface area contributed by atoms with Crippen molar-refractivity contribution in [1.29, 1.82) is 0 Å². The van der Waals surface area contributed by atoms with E-state index in [1.807, 2.05) is 31.2 Å². The number of nitrogens with one attached hydrogen (secondary N) is 2. The molecule has 1 aromatic heterocycles. The van der Waals surface area contributed by atoms with Crippen LogP contribution >= 0.6 is 0 Å². The number of amides is 1. The predicted octanol–water partition coefficient (Wildman–Crippen LogP) is 3.05. The molecule has 6 nitrogen and oxygen atoms in total. The summed E-state index contributed by atoms with van der Waals surface area (Å²) in [5, 5.41) is 6.37. The van der Waals surface area contributed by atoms with Gasteiger partial charge in [-0.05, 0) is 80.6 Å². The van der Waals surface area contributed by atoms with Crippen LogP contribution in [-0.4, -0.2) is 43.1 Å². The molecule has 2 aromatic rings. The van der Waals surface area contributed by atoms with Crippen LogP contribution in [0.25, 0.3) is 11.1 Å². The van der Waals surface area contributed by atoms with Crippen molar-refractivity contribution >= 4 is 11.9 Å². The SMILES string of the molecule is COC(=O)C(CC1CCCNC1)[C@@H](C)NC(=O)c1ccc(-c2ccncc2)cc1. The van der Waals surface area contributed by atoms with E-state index in [-0.39, 0.29) is 23.8 Å². The summed E-state index contributed by atoms with van der Waals surface area (Å²) in [4.78, 5) is 29.1. The highest BCUT2D eigenvalue weighted by Crippen LogP contribution is 2.24. The van der Waals surface area contributed by atoms with Crippen LogP contribution in [0.2, 0.25) is 0 Å². The first-order chi connectivity index (χ1) is 14.1. The lowest BCUT2D eigenvalue weighted by Crippen LogP contribution is -2.44. The Labute approximate surface area is 172 Å². The van der Waals surface area contributed by atoms with E-state index in [9.17, 15) is 9.59 Å². The van der Waals surface area contributed by atoms with Gasteiger partial charge in [0.25, 0.3) is 5.91 Å². The van der Waals surface area contributed by atoms with Crippen LogP contribution in [0, 0.1) is 11.8 Å². The van der Waals surface area contributed by atoms with Crippen molar-refractivity contribution in [3.63, 3.8) is 0 Å². The summed E-state index contributed by atoms with van der Waals surface area (Å²) in [5.74, 6) is -0.386. The van der Waals surface area contributed by atoms with Crippen LogP contribution < -0.4 is 10.6 Å². The lowest BCUT2D eigenvalue weighted by Gasteiger charge is -2.29. The molecular weight excluding hydrogens is 366 g/mol. The van der Waals surface area contributed by atoms with E-state index in [0.717, 1.165) is 37.1 Å². The van der Waals surface area contributed by atoms with Gasteiger partial charge in [0.05, 0.1) is 13.0 Å². The fourth-order valence-corrected chi connectivity index (χ4v) is 3.89. The molecule has 6 heteroatoms. The Balaban J connectivity index is 1.64. The van der Waals surface area contributed by atoms with Crippen molar-refractivity contribution in [1.82, 2.24) is 15.6 Å². The van der Waals surface area contributed by atoms with E-state index in [1.54, 1.807) is 24.5 Å². The molecule has 0 saturated carbocycles. The number of methoxy groups -OCH3 is 1. The Morgan fingerprint density at radius 3 is 2.48 bits per heavy atom. The number of nitrogens with zero attached hydrogens (tertiary/aromatic N) is 1. The van der Waals surface area contributed by atoms with Gasteiger partial charge in [0.2, 0.25) is 0 Å². The molecule has 2 N–H and O–H groups in total. The molecule has 3 atom stereocenters. The molecule has 0 radical (unpaired) electrons. The minimum absolute atomic E-state index is 0.186. The van der Waals surface area contributed by atoms with Gasteiger partial charge in [-0.3, -0.25) is 14.6 Å². The number of ether oxygens (including phenoxy) is 1. The molecule has 1 aromatic carbocycles. The minimum atomic E-state index is -0.357. The second-order valence-corrected chi connectivity index (χ2v) is 7.65. The standard InChI is InChI=1S/C23H29N3O3/c1-16(21(23(28)29-2)14-17-4-3-11-25-15-17)26-22(27)20-7-5-18(6-8-20)19-9-12-24-13-10-19/h5-10,12-13,16-17,21,25H,3-4,11,14-15H2,1-2H3,(H,26,27)/t16-,17?,21?/m1/s1. The number of hydrogen-bond acceptors (Lipinski definition) is 5. The molecule has 3 rings (SSSR count). The van der Waals surface area contributed by atoms with Gasteiger partial charge in [0, 0.05) is 24.0 Å². The van der Waals surface area contributed by atoms with E-state index >= 15 is 0 Å². The number of benzene rings is 1. The van der Waals surface area contributed by atoms with Crippen molar-refractivity contribution in [3.05, 3.63) is 54.4 Å². The van der Waals surface area contributed by atoms with Gasteiger partial charge in [-0.1, -0.05) is 12.1 Å². The number of aromatic nitrogens is 1. The zero-order valence-electron chi connectivity index (χ0n) is 17.1. The van der Waals surface area contributed by atoms with E-state index < -0.39 is 0 Å². The van der Waals surface area contributed by atoms with Crippen LogP contribution in [0.4, 0.5) is 0 Å². The second-order valence-electron chi connectivity index (χ2n) is 7.65. The van der Waals surface area contributed by atoms with Crippen molar-refractivity contribution in [2.24, 2.45) is 11.8 Å². The molecule has 154 valence electrons. The normalized spacial score (nSPS) is 18.5. The summed E-state index contributed by atoms with van der Waals surface area (Å²) in [7, 11) is 1.40. The summed E-state index contributed by atoms with van der Waals surface area (Å²) >= 11 is 0. The van der Waals surface area contributed by atoms with Crippen molar-refractivity contribution in [3.8, 4) is 11.1 Å². The third kappa shape index (κ3) is 5.64. The maximum absolute atomic E-state index is 12.7. The van der Waals surface area contributed by atoms with Gasteiger partial charge < -0.3 is 15.4 Å². The van der Waals surface area contributed by atoms with Crippen LogP contribution in [0.5, 0.6) is 0 Å². The fourth-order valence-electron chi connectivity index (χ4n) is 3.89. The average Bonchev–Trinajstić information content (AvgIpc) is 2.78. The summed E-state index contributed by atoms with van der Waals surface area (Å²) in [6.45, 7) is 3.81. The third-order valence-electron chi connectivity index (χ3n) is 5.61. The second kappa shape index (κ2) is 10.2. The number of pyridine rings is 1. The van der Waals surface area contributed by atoms with Gasteiger partial charge in [0.15, 0.2) is 0 Å². The molecule has 1 fully saturated rings. The number of piperidine rings is 1. The first-order valence-corrected chi connectivity index (χ1v) is 10.2. The van der Waals surface area contributed by atoms with Crippen molar-refractivity contribution < 1.29 is 14.3 Å². The van der Waals surface area contributed by atoms with Crippen LogP contribution in [-0.2, 0) is 9.53 Å². The molecule has 0 aliphatic carbocycles. The summed E-state index contributed by atoms with van der Waals surface area (Å²) < 4.78 is 5.01. The smallest absolute Gasteiger partial charge is 0.310 e.